The van der Waals surface area contributed by atoms with Gasteiger partial charge in [-0.2, -0.15) is 0 Å². The predicted molar refractivity (Wildman–Crippen MR) is 119 cm³/mol. The molecule has 162 valence electrons. The van der Waals surface area contributed by atoms with Gasteiger partial charge in [0.25, 0.3) is 0 Å². The highest BCUT2D eigenvalue weighted by Crippen LogP contribution is 2.28. The van der Waals surface area contributed by atoms with Gasteiger partial charge in [-0.1, -0.05) is 17.7 Å². The molecule has 7 heteroatoms. The number of Topliss-reactive ketones (excluding diaryl/α,β-unsaturated/α-hetero) is 1. The lowest BCUT2D eigenvalue weighted by Gasteiger charge is -2.37. The van der Waals surface area contributed by atoms with Gasteiger partial charge >= 0.3 is 0 Å². The number of carbonyl (C=O) groups excluding carboxylic acids is 1. The van der Waals surface area contributed by atoms with Crippen molar-refractivity contribution in [2.24, 2.45) is 0 Å². The maximum absolute atomic E-state index is 11.5. The van der Waals surface area contributed by atoms with E-state index in [2.05, 4.69) is 15.9 Å². The van der Waals surface area contributed by atoms with E-state index in [1.807, 2.05) is 19.1 Å². The number of benzene rings is 2. The average molecular weight is 433 g/mol. The smallest absolute Gasteiger partial charge is 0.161 e. The number of hydrogen-bond acceptors (Lipinski definition) is 6. The maximum Gasteiger partial charge on any atom is 0.161 e. The van der Waals surface area contributed by atoms with Crippen LogP contribution in [0.3, 0.4) is 0 Å². The summed E-state index contributed by atoms with van der Waals surface area (Å²) in [7, 11) is 1.53. The number of methoxy groups -OCH3 is 1. The van der Waals surface area contributed by atoms with Crippen molar-refractivity contribution in [1.29, 1.82) is 0 Å². The van der Waals surface area contributed by atoms with E-state index in [1.165, 1.54) is 14.0 Å². The second-order valence-electron chi connectivity index (χ2n) is 7.61. The SMILES string of the molecule is COc1cc(C(C)=O)ccc1OC[C@H](O)CN1CCN(c2ccc(C)c(Cl)c2)CC1. The highest BCUT2D eigenvalue weighted by atomic mass is 35.5. The number of aryl methyl sites for hydroxylation is 1. The van der Waals surface area contributed by atoms with Crippen LogP contribution in [0.4, 0.5) is 5.69 Å². The van der Waals surface area contributed by atoms with Crippen LogP contribution in [-0.4, -0.2) is 68.3 Å². The Labute approximate surface area is 183 Å². The normalized spacial score (nSPS) is 15.7. The molecule has 3 rings (SSSR count). The Bertz CT molecular complexity index is 882. The summed E-state index contributed by atoms with van der Waals surface area (Å²) in [5.74, 6) is 0.967. The number of β-amino-alcohol motifs (C(OH)–C–C–N with tert-alkyl or cyclic N) is 1. The van der Waals surface area contributed by atoms with Crippen LogP contribution in [0.15, 0.2) is 36.4 Å². The fourth-order valence-corrected chi connectivity index (χ4v) is 3.68. The number of carbonyl (C=O) groups is 1. The molecule has 0 radical (unpaired) electrons. The molecule has 1 saturated heterocycles. The Balaban J connectivity index is 1.47. The molecular weight excluding hydrogens is 404 g/mol. The van der Waals surface area contributed by atoms with Crippen molar-refractivity contribution in [1.82, 2.24) is 4.90 Å². The maximum atomic E-state index is 11.5. The number of aliphatic hydroxyl groups excluding tert-OH is 1. The first-order chi connectivity index (χ1) is 14.4. The molecule has 1 aliphatic rings. The van der Waals surface area contributed by atoms with Crippen molar-refractivity contribution in [3.63, 3.8) is 0 Å². The summed E-state index contributed by atoms with van der Waals surface area (Å²) in [5.41, 5.74) is 2.78. The molecule has 0 saturated carbocycles. The highest BCUT2D eigenvalue weighted by molar-refractivity contribution is 6.31. The minimum absolute atomic E-state index is 0.0352. The molecule has 1 N–H and O–H groups in total. The van der Waals surface area contributed by atoms with Gasteiger partial charge in [0, 0.05) is 49.0 Å². The summed E-state index contributed by atoms with van der Waals surface area (Å²) in [4.78, 5) is 16.0. The van der Waals surface area contributed by atoms with Crippen LogP contribution in [0.2, 0.25) is 5.02 Å². The third-order valence-electron chi connectivity index (χ3n) is 5.36. The standard InChI is InChI=1S/C23H29ClN2O4/c1-16-4-6-19(13-21(16)24)26-10-8-25(9-11-26)14-20(28)15-30-22-7-5-18(17(2)27)12-23(22)29-3/h4-7,12-13,20,28H,8-11,14-15H2,1-3H3/t20-/m1/s1. The van der Waals surface area contributed by atoms with Crippen LogP contribution in [-0.2, 0) is 0 Å². The van der Waals surface area contributed by atoms with Crippen molar-refractivity contribution >= 4 is 23.1 Å². The molecule has 6 nitrogen and oxygen atoms in total. The second-order valence-corrected chi connectivity index (χ2v) is 8.01. The summed E-state index contributed by atoms with van der Waals surface area (Å²) in [6.45, 7) is 7.69. The molecule has 1 atom stereocenters. The molecule has 30 heavy (non-hydrogen) atoms. The Morgan fingerprint density at radius 3 is 2.50 bits per heavy atom. The minimum atomic E-state index is -0.623. The van der Waals surface area contributed by atoms with Gasteiger partial charge in [0.2, 0.25) is 0 Å². The first-order valence-corrected chi connectivity index (χ1v) is 10.5. The largest absolute Gasteiger partial charge is 0.493 e. The van der Waals surface area contributed by atoms with Crippen LogP contribution in [0.1, 0.15) is 22.8 Å². The van der Waals surface area contributed by atoms with Crippen LogP contribution in [0.5, 0.6) is 11.5 Å². The van der Waals surface area contributed by atoms with Gasteiger partial charge in [-0.25, -0.2) is 0 Å². The van der Waals surface area contributed by atoms with E-state index >= 15 is 0 Å². The van der Waals surface area contributed by atoms with E-state index in [4.69, 9.17) is 21.1 Å². The highest BCUT2D eigenvalue weighted by Gasteiger charge is 2.20. The van der Waals surface area contributed by atoms with Crippen LogP contribution < -0.4 is 14.4 Å². The quantitative estimate of drug-likeness (QED) is 0.645. The minimum Gasteiger partial charge on any atom is -0.493 e. The zero-order valence-corrected chi connectivity index (χ0v) is 18.5. The molecule has 0 aromatic heterocycles. The van der Waals surface area contributed by atoms with Gasteiger partial charge in [0.15, 0.2) is 17.3 Å². The van der Waals surface area contributed by atoms with Crippen LogP contribution >= 0.6 is 11.6 Å². The number of halogens is 1. The molecule has 1 heterocycles. The van der Waals surface area contributed by atoms with Crippen molar-refractivity contribution < 1.29 is 19.4 Å². The topological polar surface area (TPSA) is 62.2 Å². The van der Waals surface area contributed by atoms with E-state index < -0.39 is 6.10 Å². The number of hydrogen-bond donors (Lipinski definition) is 1. The summed E-state index contributed by atoms with van der Waals surface area (Å²) in [6.07, 6.45) is -0.623. The number of rotatable bonds is 8. The number of anilines is 1. The summed E-state index contributed by atoms with van der Waals surface area (Å²) >= 11 is 6.25. The predicted octanol–water partition coefficient (Wildman–Crippen LogP) is 3.42. The molecule has 1 aliphatic heterocycles. The van der Waals surface area contributed by atoms with Gasteiger partial charge in [0.05, 0.1) is 7.11 Å². The average Bonchev–Trinajstić information content (AvgIpc) is 2.74. The van der Waals surface area contributed by atoms with E-state index in [9.17, 15) is 9.90 Å². The Morgan fingerprint density at radius 1 is 1.13 bits per heavy atom. The third-order valence-corrected chi connectivity index (χ3v) is 5.77. The Hall–Kier alpha value is -2.28. The molecule has 0 bridgehead atoms. The molecule has 0 amide bonds. The van der Waals surface area contributed by atoms with Crippen molar-refractivity contribution in [2.45, 2.75) is 20.0 Å². The molecule has 0 spiro atoms. The summed E-state index contributed by atoms with van der Waals surface area (Å²) in [6, 6.07) is 11.2. The molecular formula is C23H29ClN2O4. The van der Waals surface area contributed by atoms with E-state index in [-0.39, 0.29) is 12.4 Å². The lowest BCUT2D eigenvalue weighted by atomic mass is 10.1. The Morgan fingerprint density at radius 2 is 1.87 bits per heavy atom. The van der Waals surface area contributed by atoms with Gasteiger partial charge in [-0.3, -0.25) is 9.69 Å². The van der Waals surface area contributed by atoms with Gasteiger partial charge in [-0.15, -0.1) is 0 Å². The lowest BCUT2D eigenvalue weighted by Crippen LogP contribution is -2.49. The van der Waals surface area contributed by atoms with E-state index in [0.29, 0.717) is 23.6 Å². The molecule has 2 aromatic rings. The molecule has 0 unspecified atom stereocenters. The first kappa shape index (κ1) is 22.4. The van der Waals surface area contributed by atoms with Crippen molar-refractivity contribution in [2.75, 3.05) is 51.3 Å². The zero-order chi connectivity index (χ0) is 21.7. The molecule has 1 fully saturated rings. The monoisotopic (exact) mass is 432 g/mol. The zero-order valence-electron chi connectivity index (χ0n) is 17.7. The van der Waals surface area contributed by atoms with Crippen molar-refractivity contribution in [3.8, 4) is 11.5 Å². The number of ketones is 1. The fraction of sp³-hybridized carbons (Fsp3) is 0.435. The van der Waals surface area contributed by atoms with Crippen LogP contribution in [0, 0.1) is 6.92 Å². The van der Waals surface area contributed by atoms with E-state index in [0.717, 1.165) is 42.5 Å². The van der Waals surface area contributed by atoms with Gasteiger partial charge in [-0.05, 0) is 49.7 Å². The van der Waals surface area contributed by atoms with Crippen LogP contribution in [0.25, 0.3) is 0 Å². The Kier molecular flexibility index (Phi) is 7.58. The number of nitrogens with zero attached hydrogens (tertiary/aromatic N) is 2. The van der Waals surface area contributed by atoms with Gasteiger partial charge in [0.1, 0.15) is 12.7 Å². The lowest BCUT2D eigenvalue weighted by molar-refractivity contribution is 0.0653. The summed E-state index contributed by atoms with van der Waals surface area (Å²) in [5, 5.41) is 11.2. The van der Waals surface area contributed by atoms with E-state index in [1.54, 1.807) is 18.2 Å². The van der Waals surface area contributed by atoms with Crippen molar-refractivity contribution in [3.05, 3.63) is 52.5 Å². The van der Waals surface area contributed by atoms with Gasteiger partial charge < -0.3 is 19.5 Å². The number of ether oxygens (including phenoxy) is 2. The second kappa shape index (κ2) is 10.2. The first-order valence-electron chi connectivity index (χ1n) is 10.1. The third kappa shape index (κ3) is 5.65. The molecule has 2 aromatic carbocycles. The fourth-order valence-electron chi connectivity index (χ4n) is 3.51. The summed E-state index contributed by atoms with van der Waals surface area (Å²) < 4.78 is 11.0. The molecule has 0 aliphatic carbocycles. The number of aliphatic hydroxyl groups is 1. The number of piperazine rings is 1.